The average Bonchev–Trinajstić information content (AvgIpc) is 2.15. The first-order valence-corrected chi connectivity index (χ1v) is 6.09. The van der Waals surface area contributed by atoms with Crippen LogP contribution in [0.5, 0.6) is 5.75 Å². The Morgan fingerprint density at radius 3 is 2.81 bits per heavy atom. The molecule has 0 saturated heterocycles. The van der Waals surface area contributed by atoms with Crippen molar-refractivity contribution in [1.82, 2.24) is 0 Å². The van der Waals surface area contributed by atoms with E-state index in [2.05, 4.69) is 28.6 Å². The van der Waals surface area contributed by atoms with E-state index in [1.807, 2.05) is 26.0 Å². The van der Waals surface area contributed by atoms with E-state index in [1.165, 1.54) is 0 Å². The highest BCUT2D eigenvalue weighted by molar-refractivity contribution is 9.10. The monoisotopic (exact) mass is 283 g/mol. The lowest BCUT2D eigenvalue weighted by atomic mass is 10.1. The summed E-state index contributed by atoms with van der Waals surface area (Å²) >= 11 is 3.45. The molecule has 16 heavy (non-hydrogen) atoms. The Balaban J connectivity index is 2.84. The molecule has 0 fully saturated rings. The van der Waals surface area contributed by atoms with Gasteiger partial charge in [-0.2, -0.15) is 0 Å². The Hall–Kier alpha value is -0.800. The Kier molecular flexibility index (Phi) is 5.03. The van der Waals surface area contributed by atoms with Gasteiger partial charge in [0.15, 0.2) is 0 Å². The third-order valence-corrected chi connectivity index (χ3v) is 2.53. The largest absolute Gasteiger partial charge is 0.489 e. The van der Waals surface area contributed by atoms with Gasteiger partial charge >= 0.3 is 0 Å². The third-order valence-electron chi connectivity index (χ3n) is 2.04. The van der Waals surface area contributed by atoms with Crippen LogP contribution in [0.15, 0.2) is 34.8 Å². The quantitative estimate of drug-likeness (QED) is 0.842. The lowest BCUT2D eigenvalue weighted by molar-refractivity contribution is 0.348. The summed E-state index contributed by atoms with van der Waals surface area (Å²) in [6.07, 6.45) is 0.810. The topological polar surface area (TPSA) is 35.2 Å². The van der Waals surface area contributed by atoms with Crippen LogP contribution in [-0.4, -0.2) is 12.6 Å². The first kappa shape index (κ1) is 13.3. The molecule has 2 nitrogen and oxygen atoms in total. The maximum Gasteiger partial charge on any atom is 0.123 e. The molecule has 3 heteroatoms. The minimum absolute atomic E-state index is 0.126. The molecule has 0 heterocycles. The van der Waals surface area contributed by atoms with Gasteiger partial charge in [0.05, 0.1) is 0 Å². The Morgan fingerprint density at radius 1 is 1.56 bits per heavy atom. The Bertz CT molecular complexity index is 374. The van der Waals surface area contributed by atoms with E-state index in [-0.39, 0.29) is 6.04 Å². The summed E-state index contributed by atoms with van der Waals surface area (Å²) in [5.74, 6) is 0.892. The summed E-state index contributed by atoms with van der Waals surface area (Å²) in [5.41, 5.74) is 7.95. The maximum atomic E-state index is 5.81. The summed E-state index contributed by atoms with van der Waals surface area (Å²) < 4.78 is 6.73. The Morgan fingerprint density at radius 2 is 2.25 bits per heavy atom. The predicted octanol–water partition coefficient (Wildman–Crippen LogP) is 3.29. The second kappa shape index (κ2) is 6.06. The normalized spacial score (nSPS) is 12.2. The van der Waals surface area contributed by atoms with Crippen LogP contribution in [0.2, 0.25) is 0 Å². The van der Waals surface area contributed by atoms with Gasteiger partial charge in [-0.1, -0.05) is 22.5 Å². The summed E-state index contributed by atoms with van der Waals surface area (Å²) in [7, 11) is 0. The smallest absolute Gasteiger partial charge is 0.123 e. The van der Waals surface area contributed by atoms with Crippen LogP contribution in [0.25, 0.3) is 0 Å². The fourth-order valence-corrected chi connectivity index (χ4v) is 1.80. The highest BCUT2D eigenvalue weighted by Crippen LogP contribution is 2.24. The van der Waals surface area contributed by atoms with Gasteiger partial charge in [-0.05, 0) is 49.6 Å². The summed E-state index contributed by atoms with van der Waals surface area (Å²) in [6, 6.07) is 6.11. The summed E-state index contributed by atoms with van der Waals surface area (Å²) in [4.78, 5) is 0. The third kappa shape index (κ3) is 4.37. The van der Waals surface area contributed by atoms with Gasteiger partial charge in [0.1, 0.15) is 12.4 Å². The van der Waals surface area contributed by atoms with Crippen LogP contribution in [0.1, 0.15) is 19.4 Å². The summed E-state index contributed by atoms with van der Waals surface area (Å²) in [5, 5.41) is 0. The molecule has 0 spiro atoms. The molecule has 1 aromatic rings. The first-order valence-electron chi connectivity index (χ1n) is 5.30. The van der Waals surface area contributed by atoms with E-state index in [0.717, 1.165) is 27.8 Å². The van der Waals surface area contributed by atoms with Gasteiger partial charge in [-0.25, -0.2) is 0 Å². The highest BCUT2D eigenvalue weighted by atomic mass is 79.9. The number of hydrogen-bond acceptors (Lipinski definition) is 2. The highest BCUT2D eigenvalue weighted by Gasteiger charge is 2.07. The lowest BCUT2D eigenvalue weighted by Gasteiger charge is -2.13. The fraction of sp³-hybridized carbons (Fsp3) is 0.385. The van der Waals surface area contributed by atoms with Crippen LogP contribution in [-0.2, 0) is 6.42 Å². The van der Waals surface area contributed by atoms with Crippen molar-refractivity contribution in [3.63, 3.8) is 0 Å². The van der Waals surface area contributed by atoms with Gasteiger partial charge in [0.2, 0.25) is 0 Å². The molecule has 1 atom stereocenters. The molecule has 1 rings (SSSR count). The zero-order chi connectivity index (χ0) is 12.1. The van der Waals surface area contributed by atoms with Crippen molar-refractivity contribution in [1.29, 1.82) is 0 Å². The zero-order valence-electron chi connectivity index (χ0n) is 9.79. The molecule has 2 N–H and O–H groups in total. The molecule has 0 saturated carbocycles. The van der Waals surface area contributed by atoms with E-state index in [1.54, 1.807) is 0 Å². The number of ether oxygens (including phenoxy) is 1. The molecular formula is C13H18BrNO. The van der Waals surface area contributed by atoms with Gasteiger partial charge in [-0.3, -0.25) is 0 Å². The molecule has 0 bridgehead atoms. The van der Waals surface area contributed by atoms with Crippen molar-refractivity contribution in [3.8, 4) is 5.75 Å². The predicted molar refractivity (Wildman–Crippen MR) is 71.8 cm³/mol. The van der Waals surface area contributed by atoms with Crippen molar-refractivity contribution in [2.45, 2.75) is 26.3 Å². The average molecular weight is 284 g/mol. The first-order chi connectivity index (χ1) is 7.49. The van der Waals surface area contributed by atoms with Crippen LogP contribution >= 0.6 is 15.9 Å². The maximum absolute atomic E-state index is 5.81. The van der Waals surface area contributed by atoms with Crippen LogP contribution in [0.4, 0.5) is 0 Å². The van der Waals surface area contributed by atoms with Gasteiger partial charge < -0.3 is 10.5 Å². The second-order valence-electron chi connectivity index (χ2n) is 4.18. The number of halogens is 1. The van der Waals surface area contributed by atoms with Crippen LogP contribution in [0.3, 0.4) is 0 Å². The van der Waals surface area contributed by atoms with Crippen LogP contribution < -0.4 is 10.5 Å². The van der Waals surface area contributed by atoms with E-state index in [9.17, 15) is 0 Å². The van der Waals surface area contributed by atoms with Gasteiger partial charge in [0.25, 0.3) is 0 Å². The van der Waals surface area contributed by atoms with Crippen molar-refractivity contribution < 1.29 is 4.74 Å². The SMILES string of the molecule is C=C(C)COc1ccc(Br)cc1CC(C)N. The molecule has 0 aromatic heterocycles. The minimum Gasteiger partial charge on any atom is -0.489 e. The van der Waals surface area contributed by atoms with E-state index < -0.39 is 0 Å². The number of benzene rings is 1. The zero-order valence-corrected chi connectivity index (χ0v) is 11.4. The standard InChI is InChI=1S/C13H18BrNO/c1-9(2)8-16-13-5-4-12(14)7-11(13)6-10(3)15/h4-5,7,10H,1,6,8,15H2,2-3H3. The molecule has 1 unspecified atom stereocenters. The molecule has 0 aliphatic heterocycles. The Labute approximate surface area is 106 Å². The minimum atomic E-state index is 0.126. The number of rotatable bonds is 5. The second-order valence-corrected chi connectivity index (χ2v) is 5.09. The number of nitrogens with two attached hydrogens (primary N) is 1. The molecule has 88 valence electrons. The van der Waals surface area contributed by atoms with Crippen molar-refractivity contribution in [3.05, 3.63) is 40.4 Å². The van der Waals surface area contributed by atoms with E-state index in [4.69, 9.17) is 10.5 Å². The van der Waals surface area contributed by atoms with Crippen LogP contribution in [0, 0.1) is 0 Å². The van der Waals surface area contributed by atoms with Gasteiger partial charge in [0, 0.05) is 10.5 Å². The molecule has 0 amide bonds. The van der Waals surface area contributed by atoms with E-state index >= 15 is 0 Å². The van der Waals surface area contributed by atoms with Crippen molar-refractivity contribution in [2.24, 2.45) is 5.73 Å². The molecule has 0 aliphatic carbocycles. The molecule has 1 aromatic carbocycles. The van der Waals surface area contributed by atoms with E-state index in [0.29, 0.717) is 6.61 Å². The summed E-state index contributed by atoms with van der Waals surface area (Å²) in [6.45, 7) is 8.31. The number of hydrogen-bond donors (Lipinski definition) is 1. The van der Waals surface area contributed by atoms with Gasteiger partial charge in [-0.15, -0.1) is 0 Å². The molecule has 0 radical (unpaired) electrons. The van der Waals surface area contributed by atoms with Crippen molar-refractivity contribution in [2.75, 3.05) is 6.61 Å². The lowest BCUT2D eigenvalue weighted by Crippen LogP contribution is -2.18. The molecular weight excluding hydrogens is 266 g/mol. The molecule has 0 aliphatic rings. The van der Waals surface area contributed by atoms with Crippen molar-refractivity contribution >= 4 is 15.9 Å². The fourth-order valence-electron chi connectivity index (χ4n) is 1.40.